The molecule has 0 saturated carbocycles. The van der Waals surface area contributed by atoms with Crippen molar-refractivity contribution in [2.45, 2.75) is 109 Å². The van der Waals surface area contributed by atoms with Gasteiger partial charge in [-0.2, -0.15) is 0 Å². The molecule has 23 heteroatoms. The summed E-state index contributed by atoms with van der Waals surface area (Å²) in [5.74, 6) is -8.61. The number of nitrogens with two attached hydrogens (primary N) is 1. The van der Waals surface area contributed by atoms with Gasteiger partial charge >= 0.3 is 299 Å². The van der Waals surface area contributed by atoms with Gasteiger partial charge in [-0.3, -0.25) is 24.1 Å². The Morgan fingerprint density at radius 2 is 1.27 bits per heavy atom. The van der Waals surface area contributed by atoms with Crippen LogP contribution in [0.15, 0.2) is 78.9 Å². The van der Waals surface area contributed by atoms with Gasteiger partial charge in [0.15, 0.2) is 0 Å². The predicted molar refractivity (Wildman–Crippen MR) is 294 cm³/mol. The average Bonchev–Trinajstić information content (AvgIpc) is 3.49. The predicted octanol–water partition coefficient (Wildman–Crippen LogP) is 3.33. The molecule has 22 nitrogen and oxygen atoms in total. The van der Waals surface area contributed by atoms with E-state index in [1.807, 2.05) is 13.8 Å². The van der Waals surface area contributed by atoms with Crippen LogP contribution in [0.1, 0.15) is 108 Å². The van der Waals surface area contributed by atoms with E-state index < -0.39 is 174 Å². The molecule has 5 aromatic carbocycles. The molecule has 0 aliphatic carbocycles. The number of hydrogen-bond donors (Lipinski definition) is 11. The fraction of sp³-hybridized carbons (Fsp3) is 0.345. The Morgan fingerprint density at radius 1 is 0.691 bits per heavy atom. The molecule has 7 amide bonds. The number of nitrogens with zero attached hydrogens (tertiary/aromatic N) is 1. The van der Waals surface area contributed by atoms with Crippen LogP contribution in [0, 0.1) is 26.7 Å². The number of hydrogen-bond acceptors (Lipinski definition) is 15. The van der Waals surface area contributed by atoms with E-state index in [0.717, 1.165) is 0 Å². The number of likely N-dealkylation sites (N-methyl/N-ethyl adjacent to an activating group) is 1. The standard InChI is InChI=1S/C58H63N8O14.Rb/c1-25(2)15-40(66(7)8)54(74)65-50-52(72)32-11-14-44(27(4)17-32)80-35-19-33-18-34(21-35)79-43-13-10-30(16-26(43)3)28(5)47-55(75)61-39(24-67)36-22-42(69)29(6)51(71)46(36)37-20-31(9-12-41(37)68)48(56(76)62-47)64-57(77)49(33)63-53(73)38(23-45(59)70)60-58(50)78;/h9-14,16-22,25,28,38-40,47-50,52,68-69,71-72H,15,23H2,1-8H3,(H2,59,70)(H,60,78)(H,61,75)(H,62,76)(H,63,73)(H,64,77)(H,65,74);. The molecule has 81 heavy (non-hydrogen) atoms. The number of aromatic hydroxyl groups is 3. The van der Waals surface area contributed by atoms with Gasteiger partial charge in [-0.1, -0.05) is 19.9 Å². The molecule has 5 aromatic rings. The second-order valence-corrected chi connectivity index (χ2v) is 24.0. The Morgan fingerprint density at radius 3 is 1.86 bits per heavy atom. The third-order valence-corrected chi connectivity index (χ3v) is 16.3. The van der Waals surface area contributed by atoms with E-state index in [1.54, 1.807) is 64.0 Å². The number of phenols is 3. The molecular weight excluding hydrogens is 1120 g/mol. The van der Waals surface area contributed by atoms with Crippen molar-refractivity contribution in [3.63, 3.8) is 0 Å². The molecule has 0 spiro atoms. The fourth-order valence-electron chi connectivity index (χ4n) is 10.3. The molecule has 11 bridgehead atoms. The van der Waals surface area contributed by atoms with Crippen LogP contribution < -0.4 is 47.1 Å². The molecule has 0 aromatic heterocycles. The first-order chi connectivity index (χ1) is 38.2. The van der Waals surface area contributed by atoms with Crippen LogP contribution in [0.3, 0.4) is 0 Å². The van der Waals surface area contributed by atoms with E-state index in [1.165, 1.54) is 61.5 Å². The van der Waals surface area contributed by atoms with Gasteiger partial charge in [0, 0.05) is 6.07 Å². The Hall–Kier alpha value is -7.21. The number of phenolic OH excluding ortho intramolecular Hbond substituents is 3. The van der Waals surface area contributed by atoms with Crippen molar-refractivity contribution in [2.24, 2.45) is 11.7 Å². The van der Waals surface area contributed by atoms with Crippen molar-refractivity contribution in [2.75, 3.05) is 14.1 Å². The zero-order valence-corrected chi connectivity index (χ0v) is 51.0. The number of benzene rings is 5. The van der Waals surface area contributed by atoms with E-state index in [0.29, 0.717) is 28.9 Å². The van der Waals surface area contributed by atoms with Gasteiger partial charge in [0.1, 0.15) is 29.7 Å². The Bertz CT molecular complexity index is 3410. The number of aliphatic hydroxyl groups is 1. The van der Waals surface area contributed by atoms with Crippen LogP contribution in [-0.2, 0) is 38.4 Å². The van der Waals surface area contributed by atoms with Gasteiger partial charge in [-0.05, 0) is 68.8 Å². The number of rotatable bonds is 8. The number of aliphatic hydroxyl groups excluding tert-OH is 1. The van der Waals surface area contributed by atoms with Crippen molar-refractivity contribution in [3.05, 3.63) is 123 Å². The molecule has 12 N–H and O–H groups in total. The van der Waals surface area contributed by atoms with E-state index in [9.17, 15) is 49.2 Å². The van der Waals surface area contributed by atoms with Crippen LogP contribution in [0.5, 0.6) is 40.2 Å². The average molecular weight is 1180 g/mol. The number of carbonyl (C=O) groups excluding carboxylic acids is 8. The summed E-state index contributed by atoms with van der Waals surface area (Å²) >= 11 is -0.821. The monoisotopic (exact) mass is 1180 g/mol. The molecular formula is C58H63N8O14Rb. The van der Waals surface area contributed by atoms with Crippen molar-refractivity contribution in [3.8, 4) is 51.4 Å². The van der Waals surface area contributed by atoms with Crippen molar-refractivity contribution in [1.82, 2.24) is 36.8 Å². The topological polar surface area (TPSA) is 337 Å². The summed E-state index contributed by atoms with van der Waals surface area (Å²) in [4.78, 5) is 117. The SMILES string of the molecule is Cc1cc2ccc1Oc1cc3cc(c1)C(NC(=O)C(CC(N)=O)NC(=O)C(NC(=O)C(CC(C)C)N(C)C)C(O)c1ccc(c(C)c1)O3)C(=O)NC1C(=O)NC(C(=O)NC([C](=O)[Rb])c3cc(O)c(C)c(O)c3-c3cc1ccc3O)C2C. The molecule has 10 rings (SSSR count). The van der Waals surface area contributed by atoms with Gasteiger partial charge < -0.3 is 26.2 Å². The summed E-state index contributed by atoms with van der Waals surface area (Å²) in [5, 5.41) is 62.5. The number of carbonyl (C=O) groups is 8. The molecule has 0 saturated heterocycles. The Kier molecular flexibility index (Phi) is 18.1. The van der Waals surface area contributed by atoms with Gasteiger partial charge in [0.25, 0.3) is 0 Å². The number of primary amides is 1. The quantitative estimate of drug-likeness (QED) is 0.106. The van der Waals surface area contributed by atoms with Crippen molar-refractivity contribution >= 4 is 95.7 Å². The normalized spacial score (nSPS) is 22.4. The third kappa shape index (κ3) is 13.0. The molecule has 9 unspecified atom stereocenters. The summed E-state index contributed by atoms with van der Waals surface area (Å²) in [6.07, 6.45) is -2.25. The molecule has 0 fully saturated rings. The summed E-state index contributed by atoms with van der Waals surface area (Å²) in [6.45, 7) is 10.3. The van der Waals surface area contributed by atoms with E-state index in [2.05, 4.69) is 31.9 Å². The number of aryl methyl sites for hydroxylation is 2. The Labute approximate surface area is 505 Å². The van der Waals surface area contributed by atoms with Crippen LogP contribution in [0.25, 0.3) is 11.1 Å². The number of nitrogens with one attached hydrogen (secondary N) is 6. The van der Waals surface area contributed by atoms with E-state index in [-0.39, 0.29) is 62.1 Å². The van der Waals surface area contributed by atoms with Gasteiger partial charge in [0.05, 0.1) is 12.5 Å². The molecule has 9 atom stereocenters. The first-order valence-electron chi connectivity index (χ1n) is 26.3. The van der Waals surface area contributed by atoms with Crippen molar-refractivity contribution in [1.29, 1.82) is 0 Å². The molecule has 5 aliphatic rings. The summed E-state index contributed by atoms with van der Waals surface area (Å²) in [7, 11) is 3.36. The minimum absolute atomic E-state index is 0.0304. The summed E-state index contributed by atoms with van der Waals surface area (Å²) < 4.78 is 12.6. The minimum atomic E-state index is -1.90. The summed E-state index contributed by atoms with van der Waals surface area (Å²) in [5.41, 5.74) is 6.87. The van der Waals surface area contributed by atoms with Gasteiger partial charge in [0.2, 0.25) is 23.6 Å². The second-order valence-electron chi connectivity index (χ2n) is 21.6. The third-order valence-electron chi connectivity index (χ3n) is 14.9. The van der Waals surface area contributed by atoms with Crippen LogP contribution >= 0.6 is 0 Å². The molecule has 5 heterocycles. The number of ether oxygens (including phenoxy) is 2. The zero-order chi connectivity index (χ0) is 59.0. The second kappa shape index (κ2) is 24.5. The maximum absolute atomic E-state index is 15.5. The van der Waals surface area contributed by atoms with Crippen molar-refractivity contribution < 1.29 is 68.3 Å². The summed E-state index contributed by atoms with van der Waals surface area (Å²) in [6, 6.07) is 7.81. The first-order valence-corrected chi connectivity index (χ1v) is 28.7. The number of amides is 7. The number of fused-ring (bicyclic) bond motifs is 15. The van der Waals surface area contributed by atoms with Crippen LogP contribution in [0.4, 0.5) is 0 Å². The van der Waals surface area contributed by atoms with Gasteiger partial charge in [-0.15, -0.1) is 0 Å². The Balaban J connectivity index is 1.35. The maximum atomic E-state index is 15.5. The van der Waals surface area contributed by atoms with E-state index in [4.69, 9.17) is 15.2 Å². The first kappa shape index (κ1) is 59.9. The molecule has 420 valence electrons. The zero-order valence-electron chi connectivity index (χ0n) is 46.1. The molecule has 5 aliphatic heterocycles. The van der Waals surface area contributed by atoms with Crippen LogP contribution in [-0.4, -0.2) is 159 Å². The van der Waals surface area contributed by atoms with Gasteiger partial charge in [-0.25, -0.2) is 0 Å². The van der Waals surface area contributed by atoms with Crippen LogP contribution in [0.2, 0.25) is 0 Å². The fourth-order valence-corrected chi connectivity index (χ4v) is 11.5. The van der Waals surface area contributed by atoms with E-state index >= 15 is 9.59 Å². The molecule has 0 radical (unpaired) electrons.